The molecular formula is C22H16N2O4S. The van der Waals surface area contributed by atoms with Crippen LogP contribution in [0.5, 0.6) is 0 Å². The molecule has 4 rings (SSSR count). The van der Waals surface area contributed by atoms with Crippen LogP contribution in [0.15, 0.2) is 89.8 Å². The Hall–Kier alpha value is -3.71. The Kier molecular flexibility index (Phi) is 4.74. The van der Waals surface area contributed by atoms with Crippen LogP contribution in [0.2, 0.25) is 0 Å². The molecule has 0 bridgehead atoms. The van der Waals surface area contributed by atoms with Crippen molar-refractivity contribution in [2.24, 2.45) is 0 Å². The second-order valence-electron chi connectivity index (χ2n) is 6.36. The van der Waals surface area contributed by atoms with Crippen molar-refractivity contribution >= 4 is 38.8 Å². The molecule has 1 heterocycles. The van der Waals surface area contributed by atoms with Gasteiger partial charge in [-0.25, -0.2) is 12.4 Å². The first-order valence-corrected chi connectivity index (χ1v) is 10.2. The first-order chi connectivity index (χ1) is 14.0. The lowest BCUT2D eigenvalue weighted by Gasteiger charge is -2.10. The van der Waals surface area contributed by atoms with Gasteiger partial charge in [0.15, 0.2) is 0 Å². The molecule has 3 aromatic carbocycles. The number of nitro groups is 1. The summed E-state index contributed by atoms with van der Waals surface area (Å²) in [5, 5.41) is 12.0. The molecule has 0 radical (unpaired) electrons. The van der Waals surface area contributed by atoms with Crippen LogP contribution in [0.4, 0.5) is 5.69 Å². The zero-order valence-electron chi connectivity index (χ0n) is 15.2. The minimum Gasteiger partial charge on any atom is -0.258 e. The summed E-state index contributed by atoms with van der Waals surface area (Å²) in [6.45, 7) is 0. The molecule has 1 aromatic heterocycles. The Labute approximate surface area is 167 Å². The number of fused-ring (bicyclic) bond motifs is 1. The lowest BCUT2D eigenvalue weighted by Crippen LogP contribution is -2.14. The third kappa shape index (κ3) is 3.43. The summed E-state index contributed by atoms with van der Waals surface area (Å²) in [6, 6.07) is 23.4. The summed E-state index contributed by atoms with van der Waals surface area (Å²) >= 11 is 0. The summed E-state index contributed by atoms with van der Waals surface area (Å²) < 4.78 is 27.9. The predicted molar refractivity (Wildman–Crippen MR) is 113 cm³/mol. The van der Waals surface area contributed by atoms with E-state index in [0.29, 0.717) is 16.8 Å². The molecule has 0 unspecified atom stereocenters. The molecule has 29 heavy (non-hydrogen) atoms. The van der Waals surface area contributed by atoms with Gasteiger partial charge in [0.2, 0.25) is 0 Å². The summed E-state index contributed by atoms with van der Waals surface area (Å²) in [5.41, 5.74) is 1.30. The fourth-order valence-corrected chi connectivity index (χ4v) is 4.73. The largest absolute Gasteiger partial charge is 0.276 e. The van der Waals surface area contributed by atoms with Crippen LogP contribution in [0, 0.1) is 10.1 Å². The maximum absolute atomic E-state index is 13.3. The Morgan fingerprint density at radius 3 is 2.24 bits per heavy atom. The predicted octanol–water partition coefficient (Wildman–Crippen LogP) is 4.96. The zero-order chi connectivity index (χ0) is 20.4. The van der Waals surface area contributed by atoms with Gasteiger partial charge in [-0.15, -0.1) is 0 Å². The third-order valence-corrected chi connectivity index (χ3v) is 6.30. The summed E-state index contributed by atoms with van der Waals surface area (Å²) in [4.78, 5) is 11.0. The Morgan fingerprint density at radius 1 is 0.828 bits per heavy atom. The third-order valence-electron chi connectivity index (χ3n) is 4.54. The second kappa shape index (κ2) is 7.37. The van der Waals surface area contributed by atoms with Crippen LogP contribution in [0.25, 0.3) is 23.1 Å². The van der Waals surface area contributed by atoms with Gasteiger partial charge >= 0.3 is 0 Å². The fraction of sp³-hybridized carbons (Fsp3) is 0. The molecule has 0 aliphatic heterocycles. The first kappa shape index (κ1) is 18.6. The van der Waals surface area contributed by atoms with Gasteiger partial charge in [0.1, 0.15) is 0 Å². The van der Waals surface area contributed by atoms with Crippen molar-refractivity contribution in [2.75, 3.05) is 0 Å². The summed E-state index contributed by atoms with van der Waals surface area (Å²) in [5.74, 6) is 0. The van der Waals surface area contributed by atoms with E-state index in [1.807, 2.05) is 12.1 Å². The minimum absolute atomic E-state index is 0.0441. The molecule has 0 aliphatic carbocycles. The van der Waals surface area contributed by atoms with Crippen LogP contribution in [-0.2, 0) is 10.0 Å². The highest BCUT2D eigenvalue weighted by Gasteiger charge is 2.22. The van der Waals surface area contributed by atoms with E-state index in [9.17, 15) is 18.5 Å². The van der Waals surface area contributed by atoms with Gasteiger partial charge in [0.25, 0.3) is 15.7 Å². The van der Waals surface area contributed by atoms with Crippen LogP contribution >= 0.6 is 0 Å². The number of aromatic nitrogens is 1. The maximum Gasteiger partial charge on any atom is 0.276 e. The SMILES string of the molecule is O=[N+]([O-])c1ccccc1/C=C/c1cc2ccccc2n1S(=O)(=O)c1ccccc1. The van der Waals surface area contributed by atoms with Gasteiger partial charge in [0, 0.05) is 11.5 Å². The first-order valence-electron chi connectivity index (χ1n) is 8.81. The van der Waals surface area contributed by atoms with Crippen molar-refractivity contribution < 1.29 is 13.3 Å². The van der Waals surface area contributed by atoms with Crippen LogP contribution in [0.1, 0.15) is 11.3 Å². The topological polar surface area (TPSA) is 82.2 Å². The minimum atomic E-state index is -3.85. The number of hydrogen-bond acceptors (Lipinski definition) is 4. The number of hydrogen-bond donors (Lipinski definition) is 0. The van der Waals surface area contributed by atoms with Gasteiger partial charge in [0.05, 0.1) is 26.6 Å². The normalized spacial score (nSPS) is 11.9. The second-order valence-corrected chi connectivity index (χ2v) is 8.15. The van der Waals surface area contributed by atoms with Gasteiger partial charge in [-0.3, -0.25) is 10.1 Å². The number of benzene rings is 3. The molecule has 0 N–H and O–H groups in total. The highest BCUT2D eigenvalue weighted by molar-refractivity contribution is 7.90. The van der Waals surface area contributed by atoms with E-state index >= 15 is 0 Å². The molecular weight excluding hydrogens is 388 g/mol. The average Bonchev–Trinajstić information content (AvgIpc) is 3.12. The average molecular weight is 404 g/mol. The van der Waals surface area contributed by atoms with E-state index in [2.05, 4.69) is 0 Å². The Morgan fingerprint density at radius 2 is 1.48 bits per heavy atom. The zero-order valence-corrected chi connectivity index (χ0v) is 16.0. The molecule has 0 saturated heterocycles. The smallest absolute Gasteiger partial charge is 0.258 e. The number of rotatable bonds is 5. The summed E-state index contributed by atoms with van der Waals surface area (Å²) in [6.07, 6.45) is 3.15. The van der Waals surface area contributed by atoms with Crippen molar-refractivity contribution in [1.82, 2.24) is 3.97 Å². The van der Waals surface area contributed by atoms with Crippen molar-refractivity contribution in [3.63, 3.8) is 0 Å². The Balaban J connectivity index is 1.91. The van der Waals surface area contributed by atoms with E-state index in [4.69, 9.17) is 0 Å². The van der Waals surface area contributed by atoms with Crippen LogP contribution < -0.4 is 0 Å². The standard InChI is InChI=1S/C22H16N2O4S/c25-24(26)22-13-7-4-8-17(22)14-15-19-16-18-9-5-6-12-21(18)23(19)29(27,28)20-10-2-1-3-11-20/h1-16H/b15-14+. The van der Waals surface area contributed by atoms with E-state index in [0.717, 1.165) is 5.39 Å². The van der Waals surface area contributed by atoms with Crippen LogP contribution in [-0.4, -0.2) is 17.3 Å². The van der Waals surface area contributed by atoms with Gasteiger partial charge in [-0.05, 0) is 42.5 Å². The van der Waals surface area contributed by atoms with Gasteiger partial charge in [-0.1, -0.05) is 48.5 Å². The van der Waals surface area contributed by atoms with E-state index < -0.39 is 14.9 Å². The highest BCUT2D eigenvalue weighted by atomic mass is 32.2. The van der Waals surface area contributed by atoms with Crippen molar-refractivity contribution in [3.05, 3.63) is 106 Å². The molecule has 0 aliphatic rings. The molecule has 0 saturated carbocycles. The monoisotopic (exact) mass is 404 g/mol. The molecule has 0 amide bonds. The molecule has 7 heteroatoms. The molecule has 4 aromatic rings. The van der Waals surface area contributed by atoms with Crippen LogP contribution in [0.3, 0.4) is 0 Å². The van der Waals surface area contributed by atoms with Crippen molar-refractivity contribution in [2.45, 2.75) is 4.90 Å². The highest BCUT2D eigenvalue weighted by Crippen LogP contribution is 2.28. The molecule has 6 nitrogen and oxygen atoms in total. The quantitative estimate of drug-likeness (QED) is 0.348. The van der Waals surface area contributed by atoms with Crippen molar-refractivity contribution in [1.29, 1.82) is 0 Å². The van der Waals surface area contributed by atoms with E-state index in [1.54, 1.807) is 78.9 Å². The maximum atomic E-state index is 13.3. The van der Waals surface area contributed by atoms with Crippen molar-refractivity contribution in [3.8, 4) is 0 Å². The number of para-hydroxylation sites is 2. The summed E-state index contributed by atoms with van der Waals surface area (Å²) in [7, 11) is -3.85. The fourth-order valence-electron chi connectivity index (χ4n) is 3.20. The molecule has 144 valence electrons. The van der Waals surface area contributed by atoms with E-state index in [1.165, 1.54) is 10.0 Å². The number of nitrogens with zero attached hydrogens (tertiary/aromatic N) is 2. The lowest BCUT2D eigenvalue weighted by molar-refractivity contribution is -0.385. The van der Waals surface area contributed by atoms with Gasteiger partial charge in [-0.2, -0.15) is 0 Å². The molecule has 0 atom stereocenters. The lowest BCUT2D eigenvalue weighted by atomic mass is 10.1. The Bertz CT molecular complexity index is 1340. The number of nitro benzene ring substituents is 1. The van der Waals surface area contributed by atoms with E-state index in [-0.39, 0.29) is 10.6 Å². The van der Waals surface area contributed by atoms with Gasteiger partial charge < -0.3 is 0 Å². The molecule has 0 spiro atoms. The molecule has 0 fully saturated rings.